The molecule has 1 aromatic heterocycles. The summed E-state index contributed by atoms with van der Waals surface area (Å²) in [7, 11) is 0. The predicted octanol–water partition coefficient (Wildman–Crippen LogP) is 2.37. The van der Waals surface area contributed by atoms with Crippen LogP contribution in [0.25, 0.3) is 0 Å². The Morgan fingerprint density at radius 1 is 1.00 bits per heavy atom. The van der Waals surface area contributed by atoms with E-state index in [9.17, 15) is 22.4 Å². The maximum atomic E-state index is 13.3. The van der Waals surface area contributed by atoms with Gasteiger partial charge in [-0.3, -0.25) is 4.79 Å². The van der Waals surface area contributed by atoms with Gasteiger partial charge in [0.25, 0.3) is 11.9 Å². The fraction of sp³-hybridized carbons (Fsp3) is 0.143. The Kier molecular flexibility index (Phi) is 4.92. The van der Waals surface area contributed by atoms with Gasteiger partial charge in [-0.2, -0.15) is 22.5 Å². The average Bonchev–Trinajstić information content (AvgIpc) is 2.52. The second-order valence-corrected chi connectivity index (χ2v) is 4.31. The highest BCUT2D eigenvalue weighted by Gasteiger charge is 2.20. The maximum Gasteiger partial charge on any atom is 0.253 e. The van der Waals surface area contributed by atoms with Gasteiger partial charge in [0.2, 0.25) is 17.5 Å². The molecule has 0 aliphatic carbocycles. The molecule has 0 atom stereocenters. The lowest BCUT2D eigenvalue weighted by Crippen LogP contribution is -2.30. The fourth-order valence-corrected chi connectivity index (χ4v) is 1.67. The predicted molar refractivity (Wildman–Crippen MR) is 70.8 cm³/mol. The third-order valence-electron chi connectivity index (χ3n) is 2.76. The zero-order valence-corrected chi connectivity index (χ0v) is 11.2. The molecule has 0 aliphatic heterocycles. The lowest BCUT2D eigenvalue weighted by atomic mass is 10.2. The Labute approximate surface area is 123 Å². The van der Waals surface area contributed by atoms with E-state index in [1.54, 1.807) is 24.3 Å². The number of nitrogens with zero attached hydrogens (tertiary/aromatic N) is 1. The first-order valence-electron chi connectivity index (χ1n) is 6.23. The molecule has 2 N–H and O–H groups in total. The van der Waals surface area contributed by atoms with Crippen molar-refractivity contribution >= 4 is 11.6 Å². The van der Waals surface area contributed by atoms with Crippen LogP contribution in [0.15, 0.2) is 30.3 Å². The van der Waals surface area contributed by atoms with Crippen molar-refractivity contribution in [3.63, 3.8) is 0 Å². The lowest BCUT2D eigenvalue weighted by molar-refractivity contribution is -0.119. The van der Waals surface area contributed by atoms with Gasteiger partial charge in [0.05, 0.1) is 6.54 Å². The number of rotatable bonds is 5. The van der Waals surface area contributed by atoms with Gasteiger partial charge in [0, 0.05) is 6.54 Å². The molecule has 0 aliphatic rings. The summed E-state index contributed by atoms with van der Waals surface area (Å²) in [6, 6.07) is 8.94. The van der Waals surface area contributed by atoms with Crippen LogP contribution in [0.4, 0.5) is 23.2 Å². The summed E-state index contributed by atoms with van der Waals surface area (Å²) < 4.78 is 52.4. The van der Waals surface area contributed by atoms with E-state index in [0.29, 0.717) is 0 Å². The third-order valence-corrected chi connectivity index (χ3v) is 2.76. The molecule has 0 spiro atoms. The Morgan fingerprint density at radius 2 is 1.59 bits per heavy atom. The Morgan fingerprint density at radius 3 is 2.18 bits per heavy atom. The van der Waals surface area contributed by atoms with Gasteiger partial charge in [-0.15, -0.1) is 0 Å². The van der Waals surface area contributed by atoms with Crippen molar-refractivity contribution in [1.29, 1.82) is 0 Å². The molecule has 0 bridgehead atoms. The number of amides is 1. The zero-order valence-electron chi connectivity index (χ0n) is 11.2. The van der Waals surface area contributed by atoms with Crippen molar-refractivity contribution in [1.82, 2.24) is 10.3 Å². The molecule has 1 aromatic carbocycles. The van der Waals surface area contributed by atoms with Crippen molar-refractivity contribution in [3.8, 4) is 0 Å². The standard InChI is InChI=1S/C14H11F4N3O/c15-10-12(11(16)14(18)21-13(10)17)20-7-9(22)19-6-8-4-2-1-3-5-8/h1-5H,6-7H2,(H,19,22)(H,20,21). The maximum absolute atomic E-state index is 13.3. The molecule has 4 nitrogen and oxygen atoms in total. The van der Waals surface area contributed by atoms with E-state index >= 15 is 0 Å². The first kappa shape index (κ1) is 15.7. The SMILES string of the molecule is O=C(CNc1c(F)c(F)nc(F)c1F)NCc1ccccc1. The molecular weight excluding hydrogens is 302 g/mol. The number of pyridine rings is 1. The number of hydrogen-bond donors (Lipinski definition) is 2. The molecule has 0 radical (unpaired) electrons. The molecular formula is C14H11F4N3O. The molecule has 1 heterocycles. The summed E-state index contributed by atoms with van der Waals surface area (Å²) >= 11 is 0. The summed E-state index contributed by atoms with van der Waals surface area (Å²) in [5.41, 5.74) is -0.242. The van der Waals surface area contributed by atoms with E-state index in [-0.39, 0.29) is 6.54 Å². The minimum atomic E-state index is -1.79. The number of carbonyl (C=O) groups excluding carboxylic acids is 1. The van der Waals surface area contributed by atoms with Crippen LogP contribution in [0.1, 0.15) is 5.56 Å². The lowest BCUT2D eigenvalue weighted by Gasteiger charge is -2.10. The van der Waals surface area contributed by atoms with Crippen LogP contribution >= 0.6 is 0 Å². The average molecular weight is 313 g/mol. The topological polar surface area (TPSA) is 54.0 Å². The van der Waals surface area contributed by atoms with Gasteiger partial charge in [-0.05, 0) is 5.56 Å². The van der Waals surface area contributed by atoms with Gasteiger partial charge >= 0.3 is 0 Å². The molecule has 0 fully saturated rings. The minimum absolute atomic E-state index is 0.214. The zero-order chi connectivity index (χ0) is 16.1. The second-order valence-electron chi connectivity index (χ2n) is 4.31. The molecule has 8 heteroatoms. The summed E-state index contributed by atoms with van der Waals surface area (Å²) in [5, 5.41) is 4.50. The van der Waals surface area contributed by atoms with Crippen LogP contribution in [0.5, 0.6) is 0 Å². The van der Waals surface area contributed by atoms with E-state index in [4.69, 9.17) is 0 Å². The summed E-state index contributed by atoms with van der Waals surface area (Å²) in [5.74, 6) is -7.54. The van der Waals surface area contributed by atoms with Crippen LogP contribution in [0, 0.1) is 23.5 Å². The van der Waals surface area contributed by atoms with Crippen LogP contribution < -0.4 is 10.6 Å². The van der Waals surface area contributed by atoms with Gasteiger partial charge in [0.15, 0.2) is 0 Å². The molecule has 0 saturated heterocycles. The highest BCUT2D eigenvalue weighted by Crippen LogP contribution is 2.21. The monoisotopic (exact) mass is 313 g/mol. The summed E-state index contributed by atoms with van der Waals surface area (Å²) in [4.78, 5) is 14.0. The Bertz CT molecular complexity index is 653. The highest BCUT2D eigenvalue weighted by atomic mass is 19.2. The van der Waals surface area contributed by atoms with Crippen molar-refractivity contribution in [2.75, 3.05) is 11.9 Å². The van der Waals surface area contributed by atoms with Gasteiger partial charge in [0.1, 0.15) is 5.69 Å². The van der Waals surface area contributed by atoms with E-state index in [1.165, 1.54) is 0 Å². The van der Waals surface area contributed by atoms with Crippen molar-refractivity contribution in [2.24, 2.45) is 0 Å². The van der Waals surface area contributed by atoms with E-state index < -0.39 is 41.7 Å². The van der Waals surface area contributed by atoms with Gasteiger partial charge < -0.3 is 10.6 Å². The number of halogens is 4. The van der Waals surface area contributed by atoms with Crippen molar-refractivity contribution in [3.05, 3.63) is 59.4 Å². The molecule has 0 saturated carbocycles. The number of aromatic nitrogens is 1. The number of anilines is 1. The smallest absolute Gasteiger partial charge is 0.253 e. The number of carbonyl (C=O) groups is 1. The van der Waals surface area contributed by atoms with Gasteiger partial charge in [-0.25, -0.2) is 0 Å². The van der Waals surface area contributed by atoms with Crippen LogP contribution in [0.2, 0.25) is 0 Å². The van der Waals surface area contributed by atoms with Crippen molar-refractivity contribution < 1.29 is 22.4 Å². The first-order chi connectivity index (χ1) is 10.5. The molecule has 0 unspecified atom stereocenters. The minimum Gasteiger partial charge on any atom is -0.371 e. The largest absolute Gasteiger partial charge is 0.371 e. The normalized spacial score (nSPS) is 10.4. The van der Waals surface area contributed by atoms with Gasteiger partial charge in [-0.1, -0.05) is 30.3 Å². The first-order valence-corrected chi connectivity index (χ1v) is 6.23. The van der Waals surface area contributed by atoms with E-state index in [0.717, 1.165) is 5.56 Å². The van der Waals surface area contributed by atoms with Crippen LogP contribution in [-0.4, -0.2) is 17.4 Å². The molecule has 2 aromatic rings. The van der Waals surface area contributed by atoms with Crippen LogP contribution in [0.3, 0.4) is 0 Å². The molecule has 2 rings (SSSR count). The highest BCUT2D eigenvalue weighted by molar-refractivity contribution is 5.80. The quantitative estimate of drug-likeness (QED) is 0.658. The van der Waals surface area contributed by atoms with E-state index in [1.807, 2.05) is 11.4 Å². The van der Waals surface area contributed by atoms with Crippen LogP contribution in [-0.2, 0) is 11.3 Å². The summed E-state index contributed by atoms with van der Waals surface area (Å²) in [6.07, 6.45) is 0. The Hall–Kier alpha value is -2.64. The summed E-state index contributed by atoms with van der Waals surface area (Å²) in [6.45, 7) is -0.338. The third kappa shape index (κ3) is 3.72. The Balaban J connectivity index is 1.94. The number of hydrogen-bond acceptors (Lipinski definition) is 3. The number of nitrogens with one attached hydrogen (secondary N) is 2. The van der Waals surface area contributed by atoms with Crippen molar-refractivity contribution in [2.45, 2.75) is 6.54 Å². The molecule has 22 heavy (non-hydrogen) atoms. The second kappa shape index (κ2) is 6.88. The molecule has 116 valence electrons. The fourth-order valence-electron chi connectivity index (χ4n) is 1.67. The van der Waals surface area contributed by atoms with E-state index in [2.05, 4.69) is 10.3 Å². The molecule has 1 amide bonds. The number of benzene rings is 1.